The predicted octanol–water partition coefficient (Wildman–Crippen LogP) is 4.55. The van der Waals surface area contributed by atoms with Crippen LogP contribution in [0.2, 0.25) is 0 Å². The highest BCUT2D eigenvalue weighted by Gasteiger charge is 2.18. The van der Waals surface area contributed by atoms with E-state index in [0.29, 0.717) is 12.5 Å². The number of hydrogen-bond acceptors (Lipinski definition) is 7. The molecule has 38 heavy (non-hydrogen) atoms. The predicted molar refractivity (Wildman–Crippen MR) is 153 cm³/mol. The van der Waals surface area contributed by atoms with Crippen LogP contribution in [0.5, 0.6) is 0 Å². The van der Waals surface area contributed by atoms with E-state index in [-0.39, 0.29) is 4.90 Å². The molecule has 0 saturated carbocycles. The van der Waals surface area contributed by atoms with E-state index in [1.54, 1.807) is 24.3 Å². The third-order valence-electron chi connectivity index (χ3n) is 7.08. The standard InChI is InChI=1S/C28H31N7O2S/c1-19-17-21(24-6-4-5-20-11-12-29-27(20)24)18-25-26(19)32-28(34-33-25)31-22-7-9-23(10-8-22)38(36,37)30-13-16-35-14-2-3-15-35/h4-12,17-18,29-30,33H,2-3,13-16H2,1H3,(H2,31,32,34). The van der Waals surface area contributed by atoms with E-state index in [1.165, 1.54) is 18.2 Å². The van der Waals surface area contributed by atoms with Crippen molar-refractivity contribution < 1.29 is 8.42 Å². The molecular weight excluding hydrogens is 498 g/mol. The van der Waals surface area contributed by atoms with Crippen LogP contribution in [0.1, 0.15) is 18.4 Å². The van der Waals surface area contributed by atoms with Crippen molar-refractivity contribution in [2.75, 3.05) is 36.9 Å². The minimum Gasteiger partial charge on any atom is -0.361 e. The molecule has 4 aromatic rings. The molecule has 2 aliphatic heterocycles. The Morgan fingerprint density at radius 1 is 1.00 bits per heavy atom. The molecule has 3 aromatic carbocycles. The monoisotopic (exact) mass is 529 g/mol. The van der Waals surface area contributed by atoms with Crippen molar-refractivity contribution in [3.63, 3.8) is 0 Å². The van der Waals surface area contributed by atoms with E-state index in [1.807, 2.05) is 13.1 Å². The van der Waals surface area contributed by atoms with Crippen molar-refractivity contribution in [3.8, 4) is 11.1 Å². The van der Waals surface area contributed by atoms with Gasteiger partial charge in [0.2, 0.25) is 16.0 Å². The van der Waals surface area contributed by atoms with E-state index in [0.717, 1.165) is 58.9 Å². The number of aromatic amines is 1. The summed E-state index contributed by atoms with van der Waals surface area (Å²) >= 11 is 0. The number of aromatic nitrogens is 1. The van der Waals surface area contributed by atoms with Crippen LogP contribution in [0.25, 0.3) is 22.0 Å². The lowest BCUT2D eigenvalue weighted by Gasteiger charge is -2.22. The van der Waals surface area contributed by atoms with Gasteiger partial charge < -0.3 is 15.2 Å². The van der Waals surface area contributed by atoms with Crippen molar-refractivity contribution in [2.45, 2.75) is 24.7 Å². The van der Waals surface area contributed by atoms with E-state index in [9.17, 15) is 8.42 Å². The molecule has 3 heterocycles. The van der Waals surface area contributed by atoms with Gasteiger partial charge in [0.05, 0.1) is 21.8 Å². The number of hydrazine groups is 1. The fourth-order valence-corrected chi connectivity index (χ4v) is 6.13. The van der Waals surface area contributed by atoms with Crippen molar-refractivity contribution in [2.24, 2.45) is 4.99 Å². The highest BCUT2D eigenvalue weighted by molar-refractivity contribution is 7.89. The number of hydrogen-bond donors (Lipinski definition) is 5. The quantitative estimate of drug-likeness (QED) is 0.240. The molecule has 9 nitrogen and oxygen atoms in total. The number of para-hydroxylation sites is 1. The molecule has 196 valence electrons. The second-order valence-electron chi connectivity index (χ2n) is 9.74. The number of nitrogens with zero attached hydrogens (tertiary/aromatic N) is 2. The average molecular weight is 530 g/mol. The zero-order valence-corrected chi connectivity index (χ0v) is 22.0. The maximum Gasteiger partial charge on any atom is 0.240 e. The minimum absolute atomic E-state index is 0.243. The first kappa shape index (κ1) is 24.5. The number of H-pyrrole nitrogens is 1. The summed E-state index contributed by atoms with van der Waals surface area (Å²) in [5.41, 5.74) is 13.2. The first-order valence-electron chi connectivity index (χ1n) is 12.9. The molecular formula is C28H31N7O2S. The van der Waals surface area contributed by atoms with Crippen molar-refractivity contribution in [1.82, 2.24) is 20.0 Å². The van der Waals surface area contributed by atoms with Gasteiger partial charge in [-0.2, -0.15) is 0 Å². The van der Waals surface area contributed by atoms with Crippen molar-refractivity contribution >= 4 is 43.9 Å². The summed E-state index contributed by atoms with van der Waals surface area (Å²) in [6.45, 7) is 5.28. The maximum absolute atomic E-state index is 12.7. The lowest BCUT2D eigenvalue weighted by atomic mass is 9.99. The summed E-state index contributed by atoms with van der Waals surface area (Å²) in [7, 11) is -3.55. The molecule has 2 aliphatic rings. The Bertz CT molecular complexity index is 1600. The van der Waals surface area contributed by atoms with E-state index < -0.39 is 10.0 Å². The maximum atomic E-state index is 12.7. The molecule has 0 unspecified atom stereocenters. The highest BCUT2D eigenvalue weighted by atomic mass is 32.2. The molecule has 0 bridgehead atoms. The normalized spacial score (nSPS) is 15.6. The van der Waals surface area contributed by atoms with Gasteiger partial charge in [0.15, 0.2) is 0 Å². The van der Waals surface area contributed by atoms with Crippen LogP contribution < -0.4 is 20.9 Å². The third kappa shape index (κ3) is 4.98. The van der Waals surface area contributed by atoms with Gasteiger partial charge >= 0.3 is 0 Å². The number of rotatable bonds is 7. The summed E-state index contributed by atoms with van der Waals surface area (Å²) < 4.78 is 28.0. The van der Waals surface area contributed by atoms with Gasteiger partial charge in [-0.15, -0.1) is 0 Å². The zero-order valence-electron chi connectivity index (χ0n) is 21.2. The zero-order chi connectivity index (χ0) is 26.1. The molecule has 0 spiro atoms. The first-order valence-corrected chi connectivity index (χ1v) is 14.4. The van der Waals surface area contributed by atoms with Crippen molar-refractivity contribution in [3.05, 3.63) is 72.4 Å². The fourth-order valence-electron chi connectivity index (χ4n) is 5.11. The Hall–Kier alpha value is -3.86. The second-order valence-corrected chi connectivity index (χ2v) is 11.5. The number of aryl methyl sites for hydroxylation is 1. The average Bonchev–Trinajstić information content (AvgIpc) is 3.61. The third-order valence-corrected chi connectivity index (χ3v) is 8.56. The van der Waals surface area contributed by atoms with Gasteiger partial charge in [-0.25, -0.2) is 18.1 Å². The lowest BCUT2D eigenvalue weighted by molar-refractivity contribution is 0.344. The van der Waals surface area contributed by atoms with E-state index >= 15 is 0 Å². The smallest absolute Gasteiger partial charge is 0.240 e. The van der Waals surface area contributed by atoms with Crippen LogP contribution in [0.15, 0.2) is 76.7 Å². The Morgan fingerprint density at radius 3 is 2.63 bits per heavy atom. The number of likely N-dealkylation sites (tertiary alicyclic amines) is 1. The molecule has 0 aliphatic carbocycles. The second kappa shape index (κ2) is 10.1. The van der Waals surface area contributed by atoms with Crippen LogP contribution >= 0.6 is 0 Å². The first-order chi connectivity index (χ1) is 18.5. The summed E-state index contributed by atoms with van der Waals surface area (Å²) in [5, 5.41) is 4.40. The molecule has 1 aromatic heterocycles. The van der Waals surface area contributed by atoms with Gasteiger partial charge in [0.1, 0.15) is 0 Å². The molecule has 6 rings (SSSR count). The van der Waals surface area contributed by atoms with Gasteiger partial charge in [0, 0.05) is 30.5 Å². The molecule has 0 atom stereocenters. The topological polar surface area (TPSA) is 114 Å². The Labute approximate surface area is 222 Å². The van der Waals surface area contributed by atoms with Crippen LogP contribution in [-0.2, 0) is 10.0 Å². The van der Waals surface area contributed by atoms with E-state index in [2.05, 4.69) is 67.2 Å². The summed E-state index contributed by atoms with van der Waals surface area (Å²) in [6, 6.07) is 19.2. The molecule has 1 saturated heterocycles. The molecule has 10 heteroatoms. The Kier molecular flexibility index (Phi) is 6.52. The molecule has 0 amide bonds. The number of aliphatic imine (C=N–C) groups is 1. The number of guanidine groups is 1. The highest BCUT2D eigenvalue weighted by Crippen LogP contribution is 2.37. The molecule has 0 radical (unpaired) electrons. The number of sulfonamides is 1. The number of anilines is 2. The van der Waals surface area contributed by atoms with E-state index in [4.69, 9.17) is 4.99 Å². The molecule has 1 fully saturated rings. The van der Waals surface area contributed by atoms with Crippen LogP contribution in [0.3, 0.4) is 0 Å². The molecule has 5 N–H and O–H groups in total. The van der Waals surface area contributed by atoms with Gasteiger partial charge in [-0.05, 0) is 91.8 Å². The number of benzene rings is 3. The Morgan fingerprint density at radius 2 is 1.82 bits per heavy atom. The summed E-state index contributed by atoms with van der Waals surface area (Å²) in [4.78, 5) is 10.6. The SMILES string of the molecule is Cc1cc(-c2cccc3cc[nH]c23)cc2c1N=C(Nc1ccc(S(=O)(=O)NCCN3CCCC3)cc1)NN2. The lowest BCUT2D eigenvalue weighted by Crippen LogP contribution is -2.37. The minimum atomic E-state index is -3.55. The number of nitrogens with one attached hydrogen (secondary N) is 5. The number of fused-ring (bicyclic) bond motifs is 2. The largest absolute Gasteiger partial charge is 0.361 e. The van der Waals surface area contributed by atoms with Gasteiger partial charge in [-0.3, -0.25) is 10.9 Å². The van der Waals surface area contributed by atoms with Crippen molar-refractivity contribution in [1.29, 1.82) is 0 Å². The summed E-state index contributed by atoms with van der Waals surface area (Å²) in [5.74, 6) is 0.527. The van der Waals surface area contributed by atoms with Gasteiger partial charge in [0.25, 0.3) is 0 Å². The summed E-state index contributed by atoms with van der Waals surface area (Å²) in [6.07, 6.45) is 4.33. The van der Waals surface area contributed by atoms with Crippen LogP contribution in [0.4, 0.5) is 17.1 Å². The fraction of sp³-hybridized carbons (Fsp3) is 0.250. The van der Waals surface area contributed by atoms with Gasteiger partial charge in [-0.1, -0.05) is 18.2 Å². The van der Waals surface area contributed by atoms with Crippen LogP contribution in [0, 0.1) is 6.92 Å². The van der Waals surface area contributed by atoms with Crippen LogP contribution in [-0.4, -0.2) is 50.4 Å². The Balaban J connectivity index is 1.15.